The highest BCUT2D eigenvalue weighted by Crippen LogP contribution is 2.36. The Morgan fingerprint density at radius 1 is 1.73 bits per heavy atom. The summed E-state index contributed by atoms with van der Waals surface area (Å²) in [5.74, 6) is -0.752. The van der Waals surface area contributed by atoms with Gasteiger partial charge in [-0.3, -0.25) is 4.79 Å². The number of hydrogen-bond donors (Lipinski definition) is 2. The smallest absolute Gasteiger partial charge is 0.310 e. The van der Waals surface area contributed by atoms with E-state index in [9.17, 15) is 4.79 Å². The van der Waals surface area contributed by atoms with Gasteiger partial charge in [-0.05, 0) is 19.8 Å². The summed E-state index contributed by atoms with van der Waals surface area (Å²) in [6.45, 7) is 1.73. The first-order chi connectivity index (χ1) is 4.57. The highest BCUT2D eigenvalue weighted by Gasteiger charge is 2.42. The van der Waals surface area contributed by atoms with E-state index in [1.54, 1.807) is 6.92 Å². The molecule has 0 unspecified atom stereocenters. The van der Waals surface area contributed by atoms with Gasteiger partial charge >= 0.3 is 5.97 Å². The highest BCUT2D eigenvalue weighted by molar-refractivity contribution is 5.85. The van der Waals surface area contributed by atoms with Crippen LogP contribution >= 0.6 is 12.4 Å². The lowest BCUT2D eigenvalue weighted by atomic mass is 9.86. The zero-order chi connectivity index (χ0) is 7.78. The third kappa shape index (κ3) is 1.65. The fourth-order valence-corrected chi connectivity index (χ4v) is 1.46. The SMILES string of the molecule is C[C@]1(C(=O)O)CCC[C@H]1N.Cl. The monoisotopic (exact) mass is 179 g/mol. The van der Waals surface area contributed by atoms with Crippen LogP contribution in [0.25, 0.3) is 0 Å². The Hall–Kier alpha value is -0.280. The molecule has 0 heterocycles. The molecule has 0 spiro atoms. The topological polar surface area (TPSA) is 63.3 Å². The van der Waals surface area contributed by atoms with E-state index < -0.39 is 11.4 Å². The Morgan fingerprint density at radius 3 is 2.45 bits per heavy atom. The lowest BCUT2D eigenvalue weighted by Gasteiger charge is -2.22. The fourth-order valence-electron chi connectivity index (χ4n) is 1.46. The molecular weight excluding hydrogens is 166 g/mol. The van der Waals surface area contributed by atoms with Gasteiger partial charge in [0.05, 0.1) is 5.41 Å². The second-order valence-electron chi connectivity index (χ2n) is 3.22. The normalized spacial score (nSPS) is 36.4. The van der Waals surface area contributed by atoms with Crippen molar-refractivity contribution >= 4 is 18.4 Å². The maximum atomic E-state index is 10.7. The first kappa shape index (κ1) is 10.7. The van der Waals surface area contributed by atoms with Gasteiger partial charge in [0.25, 0.3) is 0 Å². The Kier molecular flexibility index (Phi) is 3.32. The molecule has 11 heavy (non-hydrogen) atoms. The van der Waals surface area contributed by atoms with Crippen LogP contribution < -0.4 is 5.73 Å². The summed E-state index contributed by atoms with van der Waals surface area (Å²) in [4.78, 5) is 10.7. The summed E-state index contributed by atoms with van der Waals surface area (Å²) in [6.07, 6.45) is 2.52. The average molecular weight is 180 g/mol. The van der Waals surface area contributed by atoms with Gasteiger partial charge in [0.2, 0.25) is 0 Å². The predicted molar refractivity (Wildman–Crippen MR) is 44.8 cm³/mol. The molecule has 0 aromatic heterocycles. The lowest BCUT2D eigenvalue weighted by molar-refractivity contribution is -0.148. The Labute approximate surface area is 72.4 Å². The van der Waals surface area contributed by atoms with Crippen LogP contribution in [0.15, 0.2) is 0 Å². The molecule has 3 N–H and O–H groups in total. The van der Waals surface area contributed by atoms with E-state index in [2.05, 4.69) is 0 Å². The molecule has 0 bridgehead atoms. The first-order valence-electron chi connectivity index (χ1n) is 3.56. The summed E-state index contributed by atoms with van der Waals surface area (Å²) in [6, 6.07) is -0.148. The molecule has 1 aliphatic rings. The largest absolute Gasteiger partial charge is 0.481 e. The molecule has 3 nitrogen and oxygen atoms in total. The second-order valence-corrected chi connectivity index (χ2v) is 3.22. The quantitative estimate of drug-likeness (QED) is 0.632. The molecule has 0 saturated heterocycles. The summed E-state index contributed by atoms with van der Waals surface area (Å²) in [5, 5.41) is 8.76. The van der Waals surface area contributed by atoms with Crippen molar-refractivity contribution in [1.82, 2.24) is 0 Å². The standard InChI is InChI=1S/C7H13NO2.ClH/c1-7(6(9)10)4-2-3-5(7)8;/h5H,2-4,8H2,1H3,(H,9,10);1H/t5-,7+;/m1./s1. The zero-order valence-corrected chi connectivity index (χ0v) is 7.36. The van der Waals surface area contributed by atoms with Gasteiger partial charge in [-0.2, -0.15) is 0 Å². The summed E-state index contributed by atoms with van der Waals surface area (Å²) < 4.78 is 0. The van der Waals surface area contributed by atoms with Crippen LogP contribution in [0.2, 0.25) is 0 Å². The van der Waals surface area contributed by atoms with Gasteiger partial charge in [0, 0.05) is 6.04 Å². The van der Waals surface area contributed by atoms with Crippen molar-refractivity contribution in [3.8, 4) is 0 Å². The van der Waals surface area contributed by atoms with Gasteiger partial charge in [0.1, 0.15) is 0 Å². The minimum atomic E-state index is -0.752. The van der Waals surface area contributed by atoms with Crippen LogP contribution in [-0.2, 0) is 4.79 Å². The lowest BCUT2D eigenvalue weighted by Crippen LogP contribution is -2.40. The van der Waals surface area contributed by atoms with E-state index in [-0.39, 0.29) is 18.4 Å². The maximum Gasteiger partial charge on any atom is 0.310 e. The molecule has 1 aliphatic carbocycles. The van der Waals surface area contributed by atoms with Crippen molar-refractivity contribution in [3.63, 3.8) is 0 Å². The first-order valence-corrected chi connectivity index (χ1v) is 3.56. The molecule has 0 aromatic carbocycles. The number of rotatable bonds is 1. The molecule has 0 radical (unpaired) electrons. The molecule has 1 fully saturated rings. The summed E-state index contributed by atoms with van der Waals surface area (Å²) in [5.41, 5.74) is 4.98. The number of nitrogens with two attached hydrogens (primary N) is 1. The number of aliphatic carboxylic acids is 1. The summed E-state index contributed by atoms with van der Waals surface area (Å²) in [7, 11) is 0. The van der Waals surface area contributed by atoms with Gasteiger partial charge < -0.3 is 10.8 Å². The number of halogens is 1. The van der Waals surface area contributed by atoms with Gasteiger partial charge in [-0.25, -0.2) is 0 Å². The molecule has 2 atom stereocenters. The number of hydrogen-bond acceptors (Lipinski definition) is 2. The van der Waals surface area contributed by atoms with Gasteiger partial charge in [-0.1, -0.05) is 6.42 Å². The molecule has 66 valence electrons. The van der Waals surface area contributed by atoms with E-state index in [0.717, 1.165) is 19.3 Å². The van der Waals surface area contributed by atoms with Crippen LogP contribution in [0.4, 0.5) is 0 Å². The Bertz CT molecular complexity index is 163. The van der Waals surface area contributed by atoms with E-state index in [1.165, 1.54) is 0 Å². The molecule has 0 aromatic rings. The average Bonchev–Trinajstić information content (AvgIpc) is 2.15. The molecular formula is C7H14ClNO2. The molecule has 0 aliphatic heterocycles. The van der Waals surface area contributed by atoms with Crippen LogP contribution in [-0.4, -0.2) is 17.1 Å². The minimum Gasteiger partial charge on any atom is -0.481 e. The number of carboxylic acid groups (broad SMARTS) is 1. The van der Waals surface area contributed by atoms with Crippen LogP contribution in [0.5, 0.6) is 0 Å². The van der Waals surface area contributed by atoms with E-state index in [0.29, 0.717) is 0 Å². The molecule has 0 amide bonds. The van der Waals surface area contributed by atoms with Crippen LogP contribution in [0.1, 0.15) is 26.2 Å². The third-order valence-corrected chi connectivity index (χ3v) is 2.52. The van der Waals surface area contributed by atoms with Gasteiger partial charge in [0.15, 0.2) is 0 Å². The van der Waals surface area contributed by atoms with E-state index >= 15 is 0 Å². The van der Waals surface area contributed by atoms with Gasteiger partial charge in [-0.15, -0.1) is 12.4 Å². The third-order valence-electron chi connectivity index (χ3n) is 2.52. The van der Waals surface area contributed by atoms with Crippen LogP contribution in [0.3, 0.4) is 0 Å². The van der Waals surface area contributed by atoms with Crippen molar-refractivity contribution in [2.75, 3.05) is 0 Å². The molecule has 1 rings (SSSR count). The second kappa shape index (κ2) is 3.41. The van der Waals surface area contributed by atoms with Crippen molar-refractivity contribution < 1.29 is 9.90 Å². The predicted octanol–water partition coefficient (Wildman–Crippen LogP) is 1.01. The number of carboxylic acids is 1. The molecule has 1 saturated carbocycles. The Morgan fingerprint density at radius 2 is 2.27 bits per heavy atom. The zero-order valence-electron chi connectivity index (χ0n) is 6.54. The highest BCUT2D eigenvalue weighted by atomic mass is 35.5. The van der Waals surface area contributed by atoms with Crippen molar-refractivity contribution in [2.24, 2.45) is 11.1 Å². The Balaban J connectivity index is 0.000001000. The van der Waals surface area contributed by atoms with E-state index in [1.807, 2.05) is 0 Å². The van der Waals surface area contributed by atoms with Crippen molar-refractivity contribution in [3.05, 3.63) is 0 Å². The number of carbonyl (C=O) groups is 1. The summed E-state index contributed by atoms with van der Waals surface area (Å²) >= 11 is 0. The minimum absolute atomic E-state index is 0. The molecule has 4 heteroatoms. The van der Waals surface area contributed by atoms with E-state index in [4.69, 9.17) is 10.8 Å². The maximum absolute atomic E-state index is 10.7. The van der Waals surface area contributed by atoms with Crippen molar-refractivity contribution in [2.45, 2.75) is 32.2 Å². The fraction of sp³-hybridized carbons (Fsp3) is 0.857. The van der Waals surface area contributed by atoms with Crippen molar-refractivity contribution in [1.29, 1.82) is 0 Å². The van der Waals surface area contributed by atoms with Crippen LogP contribution in [0, 0.1) is 5.41 Å².